The van der Waals surface area contributed by atoms with Crippen molar-refractivity contribution in [2.75, 3.05) is 0 Å². The second-order valence-corrected chi connectivity index (χ2v) is 4.53. The van der Waals surface area contributed by atoms with E-state index in [9.17, 15) is 15.2 Å². The van der Waals surface area contributed by atoms with Gasteiger partial charge in [0.25, 0.3) is 5.69 Å². The lowest BCUT2D eigenvalue weighted by atomic mass is 10.0. The summed E-state index contributed by atoms with van der Waals surface area (Å²) < 4.78 is 0.678. The van der Waals surface area contributed by atoms with Crippen LogP contribution in [-0.4, -0.2) is 16.1 Å². The summed E-state index contributed by atoms with van der Waals surface area (Å²) in [7, 11) is 0. The van der Waals surface area contributed by atoms with Crippen LogP contribution in [0.2, 0.25) is 0 Å². The molecule has 1 rings (SSSR count). The van der Waals surface area contributed by atoms with Crippen molar-refractivity contribution in [2.45, 2.75) is 32.3 Å². The first-order chi connectivity index (χ1) is 7.54. The fraction of sp³-hybridized carbons (Fsp3) is 0.455. The normalized spacial score (nSPS) is 12.4. The molecule has 0 heterocycles. The molecular weight excluding hydrogens is 274 g/mol. The first kappa shape index (κ1) is 13.1. The van der Waals surface area contributed by atoms with Gasteiger partial charge in [-0.3, -0.25) is 10.1 Å². The molecule has 1 aromatic rings. The van der Waals surface area contributed by atoms with Crippen LogP contribution in [0.15, 0.2) is 22.7 Å². The maximum absolute atomic E-state index is 10.5. The fourth-order valence-electron chi connectivity index (χ4n) is 1.50. The van der Waals surface area contributed by atoms with Gasteiger partial charge in [0.1, 0.15) is 0 Å². The van der Waals surface area contributed by atoms with Crippen LogP contribution in [0.1, 0.15) is 25.3 Å². The van der Waals surface area contributed by atoms with Crippen LogP contribution in [-0.2, 0) is 6.42 Å². The number of nitro benzene ring substituents is 1. The molecule has 0 fully saturated rings. The third-order valence-corrected chi connectivity index (χ3v) is 3.06. The summed E-state index contributed by atoms with van der Waals surface area (Å²) in [4.78, 5) is 10.1. The molecule has 0 saturated carbocycles. The molecule has 0 spiro atoms. The fourth-order valence-corrected chi connectivity index (χ4v) is 2.03. The largest absolute Gasteiger partial charge is 0.393 e. The number of halogens is 1. The van der Waals surface area contributed by atoms with Crippen molar-refractivity contribution in [3.05, 3.63) is 38.3 Å². The lowest BCUT2D eigenvalue weighted by Crippen LogP contribution is -2.10. The molecule has 0 bridgehead atoms. The van der Waals surface area contributed by atoms with E-state index in [1.807, 2.05) is 6.92 Å². The minimum Gasteiger partial charge on any atom is -0.393 e. The molecule has 0 aromatic heterocycles. The molecule has 16 heavy (non-hydrogen) atoms. The summed E-state index contributed by atoms with van der Waals surface area (Å²) in [6, 6.07) is 4.61. The molecule has 0 aliphatic rings. The number of aliphatic hydroxyl groups is 1. The second kappa shape index (κ2) is 5.96. The predicted octanol–water partition coefficient (Wildman–Crippen LogP) is 3.06. The summed E-state index contributed by atoms with van der Waals surface area (Å²) in [6.45, 7) is 2.01. The quantitative estimate of drug-likeness (QED) is 0.669. The highest BCUT2D eigenvalue weighted by Crippen LogP contribution is 2.24. The summed E-state index contributed by atoms with van der Waals surface area (Å²) in [5.41, 5.74) is 0.951. The Morgan fingerprint density at radius 1 is 1.56 bits per heavy atom. The van der Waals surface area contributed by atoms with Crippen molar-refractivity contribution in [1.82, 2.24) is 0 Å². The molecule has 4 nitrogen and oxygen atoms in total. The average Bonchev–Trinajstić information content (AvgIpc) is 2.21. The first-order valence-corrected chi connectivity index (χ1v) is 5.94. The SMILES string of the molecule is CCCC(O)Cc1ccc([N+](=O)[O-])cc1Br. The zero-order valence-corrected chi connectivity index (χ0v) is 10.6. The van der Waals surface area contributed by atoms with Crippen molar-refractivity contribution in [2.24, 2.45) is 0 Å². The van der Waals surface area contributed by atoms with E-state index in [-0.39, 0.29) is 11.8 Å². The summed E-state index contributed by atoms with van der Waals surface area (Å²) in [6.07, 6.45) is 1.80. The van der Waals surface area contributed by atoms with Gasteiger partial charge in [-0.2, -0.15) is 0 Å². The molecule has 0 aliphatic heterocycles. The highest BCUT2D eigenvalue weighted by molar-refractivity contribution is 9.10. The zero-order chi connectivity index (χ0) is 12.1. The molecule has 0 radical (unpaired) electrons. The molecule has 1 aromatic carbocycles. The number of nitro groups is 1. The Hall–Kier alpha value is -0.940. The van der Waals surface area contributed by atoms with Gasteiger partial charge in [-0.1, -0.05) is 35.3 Å². The van der Waals surface area contributed by atoms with Gasteiger partial charge in [0.05, 0.1) is 11.0 Å². The third-order valence-electron chi connectivity index (χ3n) is 2.32. The minimum atomic E-state index is -0.434. The number of hydrogen-bond donors (Lipinski definition) is 1. The molecule has 0 aliphatic carbocycles. The Morgan fingerprint density at radius 3 is 2.75 bits per heavy atom. The van der Waals surface area contributed by atoms with Crippen molar-refractivity contribution in [3.8, 4) is 0 Å². The van der Waals surface area contributed by atoms with Gasteiger partial charge in [-0.25, -0.2) is 0 Å². The van der Waals surface area contributed by atoms with Crippen molar-refractivity contribution in [1.29, 1.82) is 0 Å². The number of hydrogen-bond acceptors (Lipinski definition) is 3. The highest BCUT2D eigenvalue weighted by atomic mass is 79.9. The Balaban J connectivity index is 2.79. The van der Waals surface area contributed by atoms with Crippen LogP contribution in [0.4, 0.5) is 5.69 Å². The van der Waals surface area contributed by atoms with E-state index in [0.717, 1.165) is 18.4 Å². The second-order valence-electron chi connectivity index (χ2n) is 3.68. The van der Waals surface area contributed by atoms with Gasteiger partial charge in [0, 0.05) is 16.6 Å². The number of rotatable bonds is 5. The summed E-state index contributed by atoms with van der Waals surface area (Å²) in [5.74, 6) is 0. The molecule has 1 atom stereocenters. The van der Waals surface area contributed by atoms with E-state index in [1.165, 1.54) is 12.1 Å². The van der Waals surface area contributed by atoms with E-state index in [0.29, 0.717) is 10.9 Å². The summed E-state index contributed by atoms with van der Waals surface area (Å²) in [5, 5.41) is 20.2. The molecule has 1 unspecified atom stereocenters. The minimum absolute atomic E-state index is 0.0561. The number of nitrogens with zero attached hydrogens (tertiary/aromatic N) is 1. The van der Waals surface area contributed by atoms with E-state index in [2.05, 4.69) is 15.9 Å². The molecule has 5 heteroatoms. The van der Waals surface area contributed by atoms with Crippen molar-refractivity contribution < 1.29 is 10.0 Å². The standard InChI is InChI=1S/C11H14BrNO3/c1-2-3-10(14)6-8-4-5-9(13(15)16)7-11(8)12/h4-5,7,10,14H,2-3,6H2,1H3. The number of non-ortho nitro benzene ring substituents is 1. The van der Waals surface area contributed by atoms with Crippen LogP contribution in [0, 0.1) is 10.1 Å². The predicted molar refractivity (Wildman–Crippen MR) is 65.4 cm³/mol. The van der Waals surface area contributed by atoms with Crippen molar-refractivity contribution >= 4 is 21.6 Å². The smallest absolute Gasteiger partial charge is 0.270 e. The Morgan fingerprint density at radius 2 is 2.25 bits per heavy atom. The number of benzene rings is 1. The third kappa shape index (κ3) is 3.57. The monoisotopic (exact) mass is 287 g/mol. The van der Waals surface area contributed by atoms with Gasteiger partial charge >= 0.3 is 0 Å². The molecule has 88 valence electrons. The van der Waals surface area contributed by atoms with Crippen LogP contribution in [0.25, 0.3) is 0 Å². The average molecular weight is 288 g/mol. The molecule has 0 saturated heterocycles. The van der Waals surface area contributed by atoms with Gasteiger partial charge < -0.3 is 5.11 Å². The highest BCUT2D eigenvalue weighted by Gasteiger charge is 2.11. The van der Waals surface area contributed by atoms with E-state index in [4.69, 9.17) is 0 Å². The molecular formula is C11H14BrNO3. The Bertz CT molecular complexity index is 381. The lowest BCUT2D eigenvalue weighted by molar-refractivity contribution is -0.384. The van der Waals surface area contributed by atoms with Crippen LogP contribution in [0.5, 0.6) is 0 Å². The lowest BCUT2D eigenvalue weighted by Gasteiger charge is -2.10. The molecule has 0 amide bonds. The first-order valence-electron chi connectivity index (χ1n) is 5.15. The molecule has 1 N–H and O–H groups in total. The van der Waals surface area contributed by atoms with Crippen molar-refractivity contribution in [3.63, 3.8) is 0 Å². The van der Waals surface area contributed by atoms with E-state index < -0.39 is 4.92 Å². The maximum Gasteiger partial charge on any atom is 0.270 e. The van der Waals surface area contributed by atoms with Crippen LogP contribution >= 0.6 is 15.9 Å². The maximum atomic E-state index is 10.5. The van der Waals surface area contributed by atoms with Gasteiger partial charge in [0.15, 0.2) is 0 Å². The van der Waals surface area contributed by atoms with Gasteiger partial charge in [-0.15, -0.1) is 0 Å². The zero-order valence-electron chi connectivity index (χ0n) is 9.02. The van der Waals surface area contributed by atoms with Gasteiger partial charge in [0.2, 0.25) is 0 Å². The van der Waals surface area contributed by atoms with E-state index in [1.54, 1.807) is 6.07 Å². The van der Waals surface area contributed by atoms with Crippen LogP contribution < -0.4 is 0 Å². The Labute approximate surface area is 103 Å². The van der Waals surface area contributed by atoms with Gasteiger partial charge in [-0.05, 0) is 18.4 Å². The Kier molecular flexibility index (Phi) is 4.89. The topological polar surface area (TPSA) is 63.4 Å². The number of aliphatic hydroxyl groups excluding tert-OH is 1. The van der Waals surface area contributed by atoms with E-state index >= 15 is 0 Å². The van der Waals surface area contributed by atoms with Crippen LogP contribution in [0.3, 0.4) is 0 Å². The summed E-state index contributed by atoms with van der Waals surface area (Å²) >= 11 is 3.28.